The Hall–Kier alpha value is -6.12. The van der Waals surface area contributed by atoms with E-state index >= 15 is 0 Å². The first-order chi connectivity index (χ1) is 22.8. The lowest BCUT2D eigenvalue weighted by molar-refractivity contribution is 1.17. The van der Waals surface area contributed by atoms with Gasteiger partial charge in [-0.3, -0.25) is 0 Å². The van der Waals surface area contributed by atoms with Gasteiger partial charge in [0.2, 0.25) is 0 Å². The molecule has 9 aromatic rings. The van der Waals surface area contributed by atoms with Crippen molar-refractivity contribution in [1.29, 1.82) is 0 Å². The number of fused-ring (bicyclic) bond motifs is 6. The predicted molar refractivity (Wildman–Crippen MR) is 196 cm³/mol. The maximum absolute atomic E-state index is 2.37. The van der Waals surface area contributed by atoms with Gasteiger partial charge in [-0.05, 0) is 93.3 Å². The van der Waals surface area contributed by atoms with Crippen LogP contribution in [0.4, 0.5) is 17.1 Å². The Balaban J connectivity index is 1.21. The van der Waals surface area contributed by atoms with Gasteiger partial charge in [0.25, 0.3) is 0 Å². The van der Waals surface area contributed by atoms with E-state index in [0.29, 0.717) is 0 Å². The van der Waals surface area contributed by atoms with Crippen molar-refractivity contribution in [3.63, 3.8) is 0 Å². The van der Waals surface area contributed by atoms with E-state index in [2.05, 4.69) is 191 Å². The molecule has 0 bridgehead atoms. The van der Waals surface area contributed by atoms with Crippen LogP contribution in [0.2, 0.25) is 0 Å². The van der Waals surface area contributed by atoms with E-state index in [1.54, 1.807) is 0 Å². The molecule has 8 aromatic carbocycles. The van der Waals surface area contributed by atoms with Gasteiger partial charge in [-0.1, -0.05) is 121 Å². The first-order valence-corrected chi connectivity index (χ1v) is 15.8. The summed E-state index contributed by atoms with van der Waals surface area (Å²) >= 11 is 0. The Morgan fingerprint density at radius 1 is 0.326 bits per heavy atom. The van der Waals surface area contributed by atoms with Gasteiger partial charge in [0.1, 0.15) is 0 Å². The molecule has 216 valence electrons. The van der Waals surface area contributed by atoms with Crippen LogP contribution in [0.25, 0.3) is 60.2 Å². The first kappa shape index (κ1) is 26.3. The topological polar surface area (TPSA) is 8.17 Å². The summed E-state index contributed by atoms with van der Waals surface area (Å²) in [4.78, 5) is 2.37. The summed E-state index contributed by atoms with van der Waals surface area (Å²) in [6.07, 6.45) is 0. The van der Waals surface area contributed by atoms with Crippen molar-refractivity contribution in [3.05, 3.63) is 182 Å². The normalized spacial score (nSPS) is 11.5. The molecule has 0 fully saturated rings. The molecule has 2 nitrogen and oxygen atoms in total. The van der Waals surface area contributed by atoms with Gasteiger partial charge in [-0.2, -0.15) is 0 Å². The molecule has 0 N–H and O–H groups in total. The van der Waals surface area contributed by atoms with Crippen molar-refractivity contribution in [2.75, 3.05) is 4.90 Å². The van der Waals surface area contributed by atoms with Gasteiger partial charge in [0, 0.05) is 33.5 Å². The van der Waals surface area contributed by atoms with E-state index in [4.69, 9.17) is 0 Å². The van der Waals surface area contributed by atoms with Crippen molar-refractivity contribution < 1.29 is 0 Å². The molecule has 0 atom stereocenters. The molecule has 0 aliphatic carbocycles. The number of para-hydroxylation sites is 2. The average molecular weight is 587 g/mol. The van der Waals surface area contributed by atoms with Gasteiger partial charge in [0.15, 0.2) is 0 Å². The van der Waals surface area contributed by atoms with E-state index in [1.807, 2.05) is 0 Å². The van der Waals surface area contributed by atoms with Gasteiger partial charge in [-0.25, -0.2) is 0 Å². The molecule has 0 amide bonds. The molecule has 1 heterocycles. The van der Waals surface area contributed by atoms with E-state index in [1.165, 1.54) is 54.5 Å². The highest BCUT2D eigenvalue weighted by atomic mass is 15.1. The Morgan fingerprint density at radius 2 is 0.891 bits per heavy atom. The van der Waals surface area contributed by atoms with Crippen molar-refractivity contribution >= 4 is 60.4 Å². The largest absolute Gasteiger partial charge is 0.310 e. The fourth-order valence-electron chi connectivity index (χ4n) is 6.99. The van der Waals surface area contributed by atoms with Gasteiger partial charge >= 0.3 is 0 Å². The maximum Gasteiger partial charge on any atom is 0.0541 e. The number of hydrogen-bond donors (Lipinski definition) is 0. The summed E-state index contributed by atoms with van der Waals surface area (Å²) in [5, 5.41) is 7.56. The Bertz CT molecular complexity index is 2470. The third-order valence-corrected chi connectivity index (χ3v) is 9.14. The SMILES string of the molecule is c1ccc(-c2cccc(N(c3ccc(-n4c5ccccc5c5ccccc54)cc3)c3ccc4c(ccc5ccccc54)c3)c2)cc1. The van der Waals surface area contributed by atoms with E-state index in [-0.39, 0.29) is 0 Å². The molecule has 0 saturated heterocycles. The number of anilines is 3. The molecule has 1 aromatic heterocycles. The minimum atomic E-state index is 1.11. The highest BCUT2D eigenvalue weighted by molar-refractivity contribution is 6.10. The van der Waals surface area contributed by atoms with Crippen molar-refractivity contribution in [2.24, 2.45) is 0 Å². The molecular formula is C44H30N2. The first-order valence-electron chi connectivity index (χ1n) is 15.8. The second kappa shape index (κ2) is 10.8. The molecule has 46 heavy (non-hydrogen) atoms. The molecule has 0 saturated carbocycles. The Kier molecular flexibility index (Phi) is 6.17. The quantitative estimate of drug-likeness (QED) is 0.182. The second-order valence-electron chi connectivity index (χ2n) is 11.8. The van der Waals surface area contributed by atoms with Crippen LogP contribution in [0.3, 0.4) is 0 Å². The summed E-state index contributed by atoms with van der Waals surface area (Å²) < 4.78 is 2.37. The highest BCUT2D eigenvalue weighted by Crippen LogP contribution is 2.40. The lowest BCUT2D eigenvalue weighted by atomic mass is 10.0. The molecule has 9 rings (SSSR count). The number of nitrogens with zero attached hydrogens (tertiary/aromatic N) is 2. The van der Waals surface area contributed by atoms with Gasteiger partial charge < -0.3 is 9.47 Å². The molecule has 2 heteroatoms. The van der Waals surface area contributed by atoms with Crippen LogP contribution in [0.15, 0.2) is 182 Å². The molecule has 0 unspecified atom stereocenters. The fourth-order valence-corrected chi connectivity index (χ4v) is 6.99. The highest BCUT2D eigenvalue weighted by Gasteiger charge is 2.16. The zero-order chi connectivity index (χ0) is 30.5. The third-order valence-electron chi connectivity index (χ3n) is 9.14. The number of hydrogen-bond acceptors (Lipinski definition) is 1. The Labute approximate surface area is 268 Å². The number of benzene rings is 8. The van der Waals surface area contributed by atoms with Gasteiger partial charge in [0.05, 0.1) is 11.0 Å². The van der Waals surface area contributed by atoms with E-state index in [0.717, 1.165) is 22.7 Å². The van der Waals surface area contributed by atoms with Crippen LogP contribution in [0.1, 0.15) is 0 Å². The molecule has 0 radical (unpaired) electrons. The molecule has 0 spiro atoms. The number of aromatic nitrogens is 1. The van der Waals surface area contributed by atoms with Crippen molar-refractivity contribution in [3.8, 4) is 16.8 Å². The van der Waals surface area contributed by atoms with Crippen LogP contribution < -0.4 is 4.90 Å². The van der Waals surface area contributed by atoms with Crippen LogP contribution in [0.5, 0.6) is 0 Å². The van der Waals surface area contributed by atoms with Crippen LogP contribution in [-0.2, 0) is 0 Å². The monoisotopic (exact) mass is 586 g/mol. The minimum Gasteiger partial charge on any atom is -0.310 e. The molecule has 0 aliphatic rings. The number of rotatable bonds is 5. The lowest BCUT2D eigenvalue weighted by Gasteiger charge is -2.27. The summed E-state index contributed by atoms with van der Waals surface area (Å²) in [6.45, 7) is 0. The minimum absolute atomic E-state index is 1.11. The summed E-state index contributed by atoms with van der Waals surface area (Å²) in [7, 11) is 0. The zero-order valence-corrected chi connectivity index (χ0v) is 25.2. The second-order valence-corrected chi connectivity index (χ2v) is 11.8. The fraction of sp³-hybridized carbons (Fsp3) is 0. The summed E-state index contributed by atoms with van der Waals surface area (Å²) in [5.41, 5.74) is 9.31. The van der Waals surface area contributed by atoms with Crippen LogP contribution in [0, 0.1) is 0 Å². The van der Waals surface area contributed by atoms with Crippen LogP contribution in [-0.4, -0.2) is 4.57 Å². The summed E-state index contributed by atoms with van der Waals surface area (Å²) in [5.74, 6) is 0. The van der Waals surface area contributed by atoms with Crippen molar-refractivity contribution in [2.45, 2.75) is 0 Å². The zero-order valence-electron chi connectivity index (χ0n) is 25.2. The standard InChI is InChI=1S/C44H30N2/c1-2-11-31(12-3-1)33-14-10-15-37(29-33)45(38-27-28-40-34(30-38)22-21-32-13-4-5-16-39(32)40)35-23-25-36(26-24-35)46-43-19-8-6-17-41(43)42-18-7-9-20-44(42)46/h1-30H. The predicted octanol–water partition coefficient (Wildman–Crippen LogP) is 12.2. The smallest absolute Gasteiger partial charge is 0.0541 e. The van der Waals surface area contributed by atoms with Crippen molar-refractivity contribution in [1.82, 2.24) is 4.57 Å². The van der Waals surface area contributed by atoms with E-state index in [9.17, 15) is 0 Å². The lowest BCUT2D eigenvalue weighted by Crippen LogP contribution is -2.10. The third kappa shape index (κ3) is 4.35. The average Bonchev–Trinajstić information content (AvgIpc) is 3.47. The summed E-state index contributed by atoms with van der Waals surface area (Å²) in [6, 6.07) is 65.7. The Morgan fingerprint density at radius 3 is 1.65 bits per heavy atom. The van der Waals surface area contributed by atoms with Gasteiger partial charge in [-0.15, -0.1) is 0 Å². The maximum atomic E-state index is 2.37. The van der Waals surface area contributed by atoms with Crippen LogP contribution >= 0.6 is 0 Å². The molecular weight excluding hydrogens is 556 g/mol. The molecule has 0 aliphatic heterocycles. The van der Waals surface area contributed by atoms with E-state index < -0.39 is 0 Å².